The summed E-state index contributed by atoms with van der Waals surface area (Å²) in [5, 5.41) is 0. The van der Waals surface area contributed by atoms with E-state index in [1.54, 1.807) is 0 Å². The number of ether oxygens (including phenoxy) is 4. The van der Waals surface area contributed by atoms with Crippen molar-refractivity contribution in [3.8, 4) is 23.0 Å². The van der Waals surface area contributed by atoms with Crippen LogP contribution < -0.4 is 18.9 Å². The second kappa shape index (κ2) is 27.1. The monoisotopic (exact) mass is 813 g/mol. The van der Waals surface area contributed by atoms with Crippen molar-refractivity contribution in [2.75, 3.05) is 137 Å². The molecule has 0 spiro atoms. The summed E-state index contributed by atoms with van der Waals surface area (Å²) in [6.45, 7) is 7.71. The maximum Gasteiger partial charge on any atom is 0.123 e. The van der Waals surface area contributed by atoms with Gasteiger partial charge in [-0.25, -0.2) is 0 Å². The minimum atomic E-state index is 0.717. The van der Waals surface area contributed by atoms with E-state index in [0.717, 1.165) is 104 Å². The molecule has 8 heteroatoms. The molecule has 0 atom stereocenters. The predicted molar refractivity (Wildman–Crippen MR) is 249 cm³/mol. The standard InChI is InChI=1S/C50H92N4O4/c1-51(2,3)31-21-13-17-25-35-55-47-39-45(40-48(43-47)56-36-26-18-14-22-32-52(4,5)6)29-30-46-41-49(57-37-27-19-15-23-33-53(7,8)9)44-50(42-46)58-38-28-20-16-24-34-54(10,11)12/h29-30,39-44H,13-28,31-38H2,1-12H3/q+4/b30-29+. The summed E-state index contributed by atoms with van der Waals surface area (Å²) in [5.74, 6) is 3.48. The topological polar surface area (TPSA) is 36.9 Å². The van der Waals surface area contributed by atoms with Gasteiger partial charge in [0, 0.05) is 12.1 Å². The van der Waals surface area contributed by atoms with E-state index in [0.29, 0.717) is 0 Å². The van der Waals surface area contributed by atoms with E-state index >= 15 is 0 Å². The molecule has 2 aromatic rings. The van der Waals surface area contributed by atoms with Gasteiger partial charge in [0.05, 0.1) is 137 Å². The van der Waals surface area contributed by atoms with Gasteiger partial charge in [0.2, 0.25) is 0 Å². The van der Waals surface area contributed by atoms with Crippen LogP contribution in [0.2, 0.25) is 0 Å². The second-order valence-corrected chi connectivity index (χ2v) is 20.9. The largest absolute Gasteiger partial charge is 0.493 e. The molecule has 2 aromatic carbocycles. The van der Waals surface area contributed by atoms with Crippen LogP contribution in [0.5, 0.6) is 23.0 Å². The van der Waals surface area contributed by atoms with E-state index in [-0.39, 0.29) is 0 Å². The molecule has 0 radical (unpaired) electrons. The maximum atomic E-state index is 6.35. The summed E-state index contributed by atoms with van der Waals surface area (Å²) >= 11 is 0. The van der Waals surface area contributed by atoms with Gasteiger partial charge in [-0.2, -0.15) is 0 Å². The molecule has 0 amide bonds. The summed E-state index contributed by atoms with van der Waals surface area (Å²) in [7, 11) is 27.2. The minimum Gasteiger partial charge on any atom is -0.493 e. The summed E-state index contributed by atoms with van der Waals surface area (Å²) in [4.78, 5) is 0. The Hall–Kier alpha value is -2.78. The fraction of sp³-hybridized carbons (Fsp3) is 0.720. The van der Waals surface area contributed by atoms with E-state index in [1.807, 2.05) is 0 Å². The highest BCUT2D eigenvalue weighted by Gasteiger charge is 2.10. The van der Waals surface area contributed by atoms with Crippen LogP contribution in [-0.2, 0) is 0 Å². The third-order valence-corrected chi connectivity index (χ3v) is 10.2. The Kier molecular flexibility index (Phi) is 24.0. The quantitative estimate of drug-likeness (QED) is 0.0401. The van der Waals surface area contributed by atoms with Crippen molar-refractivity contribution in [2.45, 2.75) is 103 Å². The highest BCUT2D eigenvalue weighted by atomic mass is 16.5. The normalized spacial score (nSPS) is 12.7. The van der Waals surface area contributed by atoms with E-state index < -0.39 is 0 Å². The zero-order valence-electron chi connectivity index (χ0n) is 40.0. The lowest BCUT2D eigenvalue weighted by Crippen LogP contribution is -2.35. The molecular formula is C50H92N4O4+4. The third kappa shape index (κ3) is 29.4. The van der Waals surface area contributed by atoms with Crippen LogP contribution in [0.25, 0.3) is 12.2 Å². The molecule has 0 bridgehead atoms. The van der Waals surface area contributed by atoms with Crippen LogP contribution in [0.15, 0.2) is 36.4 Å². The molecule has 8 nitrogen and oxygen atoms in total. The first kappa shape index (κ1) is 51.4. The molecule has 0 aromatic heterocycles. The van der Waals surface area contributed by atoms with E-state index in [2.05, 4.69) is 133 Å². The molecule has 0 saturated heterocycles. The van der Waals surface area contributed by atoms with Gasteiger partial charge in [-0.1, -0.05) is 12.2 Å². The number of unbranched alkanes of at least 4 members (excludes halogenated alkanes) is 12. The number of rotatable bonds is 34. The van der Waals surface area contributed by atoms with Crippen LogP contribution in [0.1, 0.15) is 114 Å². The fourth-order valence-corrected chi connectivity index (χ4v) is 6.83. The second-order valence-electron chi connectivity index (χ2n) is 20.9. The lowest BCUT2D eigenvalue weighted by atomic mass is 10.1. The average Bonchev–Trinajstić information content (AvgIpc) is 3.10. The zero-order chi connectivity index (χ0) is 42.9. The van der Waals surface area contributed by atoms with Crippen LogP contribution in [0, 0.1) is 0 Å². The maximum absolute atomic E-state index is 6.35. The van der Waals surface area contributed by atoms with Crippen molar-refractivity contribution in [3.63, 3.8) is 0 Å². The van der Waals surface area contributed by atoms with Gasteiger partial charge in [0.25, 0.3) is 0 Å². The number of nitrogens with zero attached hydrogens (tertiary/aromatic N) is 4. The molecule has 0 fully saturated rings. The van der Waals surface area contributed by atoms with Gasteiger partial charge in [0.15, 0.2) is 0 Å². The fourth-order valence-electron chi connectivity index (χ4n) is 6.83. The SMILES string of the molecule is C[N+](C)(C)CCCCCCOc1cc(/C=C/c2cc(OCCCCCC[N+](C)(C)C)cc(OCCCCCC[N+](C)(C)C)c2)cc(OCCCCCC[N+](C)(C)C)c1. The summed E-state index contributed by atoms with van der Waals surface area (Å²) in [5.41, 5.74) is 2.13. The zero-order valence-corrected chi connectivity index (χ0v) is 40.0. The third-order valence-electron chi connectivity index (χ3n) is 10.2. The Morgan fingerprint density at radius 2 is 0.500 bits per heavy atom. The molecule has 0 saturated carbocycles. The van der Waals surface area contributed by atoms with Gasteiger partial charge in [-0.05, 0) is 138 Å². The van der Waals surface area contributed by atoms with Crippen molar-refractivity contribution in [1.82, 2.24) is 0 Å². The summed E-state index contributed by atoms with van der Waals surface area (Å²) < 4.78 is 29.5. The lowest BCUT2D eigenvalue weighted by molar-refractivity contribution is -0.870. The summed E-state index contributed by atoms with van der Waals surface area (Å²) in [6.07, 6.45) is 23.3. The predicted octanol–water partition coefficient (Wildman–Crippen LogP) is 10.4. The van der Waals surface area contributed by atoms with Crippen LogP contribution in [0.3, 0.4) is 0 Å². The molecule has 0 unspecified atom stereocenters. The van der Waals surface area contributed by atoms with Crippen molar-refractivity contribution in [2.24, 2.45) is 0 Å². The molecule has 0 aliphatic rings. The van der Waals surface area contributed by atoms with E-state index in [1.165, 1.54) is 103 Å². The molecule has 0 heterocycles. The average molecular weight is 813 g/mol. The van der Waals surface area contributed by atoms with Crippen LogP contribution in [-0.4, -0.2) is 155 Å². The Labute approximate surface area is 358 Å². The number of benzene rings is 2. The Balaban J connectivity index is 2.13. The molecule has 0 N–H and O–H groups in total. The van der Waals surface area contributed by atoms with Gasteiger partial charge < -0.3 is 36.9 Å². The Bertz CT molecular complexity index is 1200. The highest BCUT2D eigenvalue weighted by molar-refractivity contribution is 5.72. The lowest BCUT2D eigenvalue weighted by Gasteiger charge is -2.23. The number of hydrogen-bond donors (Lipinski definition) is 0. The molecule has 58 heavy (non-hydrogen) atoms. The van der Waals surface area contributed by atoms with Crippen molar-refractivity contribution in [3.05, 3.63) is 47.5 Å². The van der Waals surface area contributed by atoms with Gasteiger partial charge in [-0.3, -0.25) is 0 Å². The van der Waals surface area contributed by atoms with Crippen molar-refractivity contribution < 1.29 is 36.9 Å². The van der Waals surface area contributed by atoms with Crippen LogP contribution in [0.4, 0.5) is 0 Å². The van der Waals surface area contributed by atoms with E-state index in [9.17, 15) is 0 Å². The number of hydrogen-bond acceptors (Lipinski definition) is 4. The molecule has 0 aliphatic heterocycles. The number of quaternary nitrogens is 4. The first-order valence-corrected chi connectivity index (χ1v) is 23.0. The minimum absolute atomic E-state index is 0.717. The van der Waals surface area contributed by atoms with Gasteiger partial charge in [0.1, 0.15) is 23.0 Å². The Morgan fingerprint density at radius 3 is 0.707 bits per heavy atom. The molecule has 332 valence electrons. The first-order valence-electron chi connectivity index (χ1n) is 23.0. The smallest absolute Gasteiger partial charge is 0.123 e. The van der Waals surface area contributed by atoms with Gasteiger partial charge >= 0.3 is 0 Å². The van der Waals surface area contributed by atoms with Crippen molar-refractivity contribution in [1.29, 1.82) is 0 Å². The van der Waals surface area contributed by atoms with E-state index in [4.69, 9.17) is 18.9 Å². The molecule has 0 aliphatic carbocycles. The van der Waals surface area contributed by atoms with Gasteiger partial charge in [-0.15, -0.1) is 0 Å². The molecule has 2 rings (SSSR count). The first-order chi connectivity index (χ1) is 27.3. The van der Waals surface area contributed by atoms with Crippen molar-refractivity contribution >= 4 is 12.2 Å². The Morgan fingerprint density at radius 1 is 0.293 bits per heavy atom. The highest BCUT2D eigenvalue weighted by Crippen LogP contribution is 2.28. The van der Waals surface area contributed by atoms with Crippen LogP contribution >= 0.6 is 0 Å². The molecular weight excluding hydrogens is 721 g/mol. The summed E-state index contributed by atoms with van der Waals surface area (Å²) in [6, 6.07) is 12.7.